The molecule has 1 saturated carbocycles. The van der Waals surface area contributed by atoms with Crippen LogP contribution in [0.2, 0.25) is 5.02 Å². The summed E-state index contributed by atoms with van der Waals surface area (Å²) in [7, 11) is 0. The average molecular weight is 392 g/mol. The minimum atomic E-state index is -0.834. The van der Waals surface area contributed by atoms with Gasteiger partial charge in [-0.1, -0.05) is 23.7 Å². The molecule has 0 atom stereocenters. The molecular formula is C18H19ClFN5O2. The summed E-state index contributed by atoms with van der Waals surface area (Å²) in [5, 5.41) is 7.88. The van der Waals surface area contributed by atoms with Gasteiger partial charge in [-0.15, -0.1) is 0 Å². The lowest BCUT2D eigenvalue weighted by Crippen LogP contribution is -2.52. The van der Waals surface area contributed by atoms with Crippen LogP contribution in [-0.2, 0) is 13.1 Å². The molecule has 4 rings (SSSR count). The second-order valence-corrected chi connectivity index (χ2v) is 7.34. The maximum atomic E-state index is 13.0. The van der Waals surface area contributed by atoms with E-state index in [1.807, 2.05) is 0 Å². The predicted molar refractivity (Wildman–Crippen MR) is 98.1 cm³/mol. The summed E-state index contributed by atoms with van der Waals surface area (Å²) >= 11 is 6.06. The number of nitrogens with zero attached hydrogens (tertiary/aromatic N) is 3. The van der Waals surface area contributed by atoms with Crippen LogP contribution in [0.1, 0.15) is 28.9 Å². The van der Waals surface area contributed by atoms with Gasteiger partial charge in [-0.2, -0.15) is 5.10 Å². The van der Waals surface area contributed by atoms with Crippen molar-refractivity contribution < 1.29 is 14.0 Å². The molecule has 9 heteroatoms. The van der Waals surface area contributed by atoms with Gasteiger partial charge in [-0.25, -0.2) is 9.18 Å². The number of hydrogen-bond acceptors (Lipinski definition) is 3. The van der Waals surface area contributed by atoms with Gasteiger partial charge in [0.05, 0.1) is 24.3 Å². The highest BCUT2D eigenvalue weighted by Crippen LogP contribution is 2.30. The molecule has 1 aromatic heterocycles. The van der Waals surface area contributed by atoms with E-state index in [4.69, 9.17) is 17.3 Å². The monoisotopic (exact) mass is 391 g/mol. The molecule has 142 valence electrons. The van der Waals surface area contributed by atoms with E-state index in [0.29, 0.717) is 53.5 Å². The Morgan fingerprint density at radius 2 is 2.07 bits per heavy atom. The van der Waals surface area contributed by atoms with E-state index < -0.39 is 12.1 Å². The number of carbonyl (C=O) groups excluding carboxylic acids is 2. The predicted octanol–water partition coefficient (Wildman–Crippen LogP) is 2.33. The number of benzene rings is 1. The first-order valence-corrected chi connectivity index (χ1v) is 9.15. The number of urea groups is 1. The van der Waals surface area contributed by atoms with Gasteiger partial charge < -0.3 is 16.0 Å². The standard InChI is InChI=1S/C18H19ClFN5O2/c19-11-3-1-2-10(6-11)16-15(17(21)26)14-9-24(4-5-25(14)23-16)18(27)22-13-7-12(20)8-13/h1-3,6,12-13H,4-5,7-9H2,(H2,21,26)(H,22,27)/t12-,13+. The van der Waals surface area contributed by atoms with Crippen LogP contribution in [0.3, 0.4) is 0 Å². The SMILES string of the molecule is NC(=O)c1c(-c2cccc(Cl)c2)nn2c1CN(C(=O)N[C@H]1C[C@@H](F)C1)CC2. The van der Waals surface area contributed by atoms with Crippen LogP contribution in [0.5, 0.6) is 0 Å². The number of alkyl halides is 1. The number of hydrogen-bond donors (Lipinski definition) is 2. The van der Waals surface area contributed by atoms with Crippen LogP contribution in [0.25, 0.3) is 11.3 Å². The summed E-state index contributed by atoms with van der Waals surface area (Å²) in [6.45, 7) is 1.10. The van der Waals surface area contributed by atoms with E-state index in [1.165, 1.54) is 0 Å². The minimum absolute atomic E-state index is 0.128. The number of nitrogens with one attached hydrogen (secondary N) is 1. The van der Waals surface area contributed by atoms with E-state index in [-0.39, 0.29) is 18.6 Å². The van der Waals surface area contributed by atoms with Crippen LogP contribution >= 0.6 is 11.6 Å². The smallest absolute Gasteiger partial charge is 0.318 e. The summed E-state index contributed by atoms with van der Waals surface area (Å²) < 4.78 is 14.7. The lowest BCUT2D eigenvalue weighted by molar-refractivity contribution is 0.0996. The maximum Gasteiger partial charge on any atom is 0.318 e. The first kappa shape index (κ1) is 17.8. The van der Waals surface area contributed by atoms with E-state index >= 15 is 0 Å². The molecule has 1 aromatic carbocycles. The van der Waals surface area contributed by atoms with Crippen LogP contribution in [0.15, 0.2) is 24.3 Å². The molecule has 1 aliphatic heterocycles. The van der Waals surface area contributed by atoms with Crippen molar-refractivity contribution in [1.82, 2.24) is 20.0 Å². The van der Waals surface area contributed by atoms with Crippen LogP contribution in [0.4, 0.5) is 9.18 Å². The number of fused-ring (bicyclic) bond motifs is 1. The van der Waals surface area contributed by atoms with Crippen molar-refractivity contribution in [3.05, 3.63) is 40.5 Å². The molecule has 0 bridgehead atoms. The zero-order chi connectivity index (χ0) is 19.1. The summed E-state index contributed by atoms with van der Waals surface area (Å²) in [6.07, 6.45) is -0.133. The Morgan fingerprint density at radius 1 is 1.30 bits per heavy atom. The van der Waals surface area contributed by atoms with Crippen molar-refractivity contribution in [3.63, 3.8) is 0 Å². The number of nitrogens with two attached hydrogens (primary N) is 1. The van der Waals surface area contributed by atoms with Crippen molar-refractivity contribution in [3.8, 4) is 11.3 Å². The lowest BCUT2D eigenvalue weighted by atomic mass is 9.91. The summed E-state index contributed by atoms with van der Waals surface area (Å²) in [4.78, 5) is 26.2. The zero-order valence-corrected chi connectivity index (χ0v) is 15.2. The Bertz CT molecular complexity index is 909. The normalized spacial score (nSPS) is 21.3. The number of amides is 3. The quantitative estimate of drug-likeness (QED) is 0.840. The molecule has 0 unspecified atom stereocenters. The molecule has 0 saturated heterocycles. The molecule has 2 aromatic rings. The second kappa shape index (κ2) is 6.84. The number of carbonyl (C=O) groups is 2. The van der Waals surface area contributed by atoms with Crippen molar-refractivity contribution in [2.45, 2.75) is 38.1 Å². The molecule has 2 aliphatic rings. The van der Waals surface area contributed by atoms with Gasteiger partial charge in [0.2, 0.25) is 0 Å². The first-order chi connectivity index (χ1) is 12.9. The number of primary amides is 1. The van der Waals surface area contributed by atoms with Gasteiger partial charge >= 0.3 is 6.03 Å². The molecule has 3 amide bonds. The molecule has 2 heterocycles. The number of aromatic nitrogens is 2. The molecule has 27 heavy (non-hydrogen) atoms. The molecule has 1 fully saturated rings. The Hall–Kier alpha value is -2.61. The highest BCUT2D eigenvalue weighted by molar-refractivity contribution is 6.30. The lowest BCUT2D eigenvalue weighted by Gasteiger charge is -2.34. The van der Waals surface area contributed by atoms with Crippen LogP contribution < -0.4 is 11.1 Å². The maximum absolute atomic E-state index is 13.0. The zero-order valence-electron chi connectivity index (χ0n) is 14.5. The van der Waals surface area contributed by atoms with E-state index in [2.05, 4.69) is 10.4 Å². The van der Waals surface area contributed by atoms with Crippen molar-refractivity contribution in [1.29, 1.82) is 0 Å². The Balaban J connectivity index is 1.61. The molecule has 7 nitrogen and oxygen atoms in total. The largest absolute Gasteiger partial charge is 0.365 e. The van der Waals surface area contributed by atoms with E-state index in [9.17, 15) is 14.0 Å². The molecule has 0 radical (unpaired) electrons. The van der Waals surface area contributed by atoms with Gasteiger partial charge in [0.1, 0.15) is 11.9 Å². The van der Waals surface area contributed by atoms with Gasteiger partial charge in [-0.3, -0.25) is 9.48 Å². The third kappa shape index (κ3) is 3.37. The fourth-order valence-corrected chi connectivity index (χ4v) is 3.71. The number of rotatable bonds is 3. The fourth-order valence-electron chi connectivity index (χ4n) is 3.52. The molecule has 1 aliphatic carbocycles. The van der Waals surface area contributed by atoms with E-state index in [1.54, 1.807) is 33.8 Å². The topological polar surface area (TPSA) is 93.2 Å². The highest BCUT2D eigenvalue weighted by Gasteiger charge is 2.33. The summed E-state index contributed by atoms with van der Waals surface area (Å²) in [5.41, 5.74) is 7.66. The second-order valence-electron chi connectivity index (χ2n) is 6.90. The third-order valence-corrected chi connectivity index (χ3v) is 5.25. The van der Waals surface area contributed by atoms with Gasteiger partial charge in [0.25, 0.3) is 5.91 Å². The summed E-state index contributed by atoms with van der Waals surface area (Å²) in [5.74, 6) is -0.604. The Kier molecular flexibility index (Phi) is 4.51. The Morgan fingerprint density at radius 3 is 2.74 bits per heavy atom. The number of halogens is 2. The van der Waals surface area contributed by atoms with E-state index in [0.717, 1.165) is 0 Å². The average Bonchev–Trinajstić information content (AvgIpc) is 2.99. The highest BCUT2D eigenvalue weighted by atomic mass is 35.5. The Labute approximate surface area is 160 Å². The van der Waals surface area contributed by atoms with Crippen molar-refractivity contribution in [2.24, 2.45) is 5.73 Å². The van der Waals surface area contributed by atoms with Crippen molar-refractivity contribution >= 4 is 23.5 Å². The summed E-state index contributed by atoms with van der Waals surface area (Å²) in [6, 6.07) is 6.64. The van der Waals surface area contributed by atoms with Gasteiger partial charge in [-0.05, 0) is 25.0 Å². The fraction of sp³-hybridized carbons (Fsp3) is 0.389. The molecule has 0 spiro atoms. The van der Waals surface area contributed by atoms with Gasteiger partial charge in [0, 0.05) is 23.2 Å². The van der Waals surface area contributed by atoms with Crippen LogP contribution in [-0.4, -0.2) is 45.4 Å². The molecule has 3 N–H and O–H groups in total. The third-order valence-electron chi connectivity index (χ3n) is 5.02. The van der Waals surface area contributed by atoms with Crippen molar-refractivity contribution in [2.75, 3.05) is 6.54 Å². The van der Waals surface area contributed by atoms with Crippen LogP contribution in [0, 0.1) is 0 Å². The first-order valence-electron chi connectivity index (χ1n) is 8.77. The van der Waals surface area contributed by atoms with Gasteiger partial charge in [0.15, 0.2) is 0 Å². The molecular weight excluding hydrogens is 373 g/mol. The minimum Gasteiger partial charge on any atom is -0.365 e.